The van der Waals surface area contributed by atoms with Crippen LogP contribution in [0.1, 0.15) is 11.3 Å². The molecule has 0 saturated carbocycles. The van der Waals surface area contributed by atoms with Crippen LogP contribution in [0.5, 0.6) is 0 Å². The van der Waals surface area contributed by atoms with Crippen LogP contribution in [-0.4, -0.2) is 21.3 Å². The number of ketones is 1. The van der Waals surface area contributed by atoms with Crippen molar-refractivity contribution in [3.63, 3.8) is 0 Å². The average Bonchev–Trinajstić information content (AvgIpc) is 2.66. The van der Waals surface area contributed by atoms with E-state index >= 15 is 0 Å². The molecule has 4 heteroatoms. The second kappa shape index (κ2) is 5.87. The zero-order valence-electron chi connectivity index (χ0n) is 10.6. The second-order valence-electron chi connectivity index (χ2n) is 4.24. The molecule has 1 heterocycles. The quantitative estimate of drug-likeness (QED) is 0.775. The Morgan fingerprint density at radius 3 is 2.67 bits per heavy atom. The Labute approximate surface area is 111 Å². The fraction of sp³-hybridized carbons (Fsp3) is 0.286. The van der Waals surface area contributed by atoms with E-state index in [0.29, 0.717) is 12.2 Å². The van der Waals surface area contributed by atoms with Crippen LogP contribution in [0.3, 0.4) is 0 Å². The highest BCUT2D eigenvalue weighted by Crippen LogP contribution is 2.18. The van der Waals surface area contributed by atoms with E-state index in [-0.39, 0.29) is 5.78 Å². The van der Waals surface area contributed by atoms with Crippen molar-refractivity contribution in [3.05, 3.63) is 47.7 Å². The zero-order valence-corrected chi connectivity index (χ0v) is 11.4. The third-order valence-corrected chi connectivity index (χ3v) is 3.73. The minimum atomic E-state index is 0.241. The number of carbonyl (C=O) groups excluding carboxylic acids is 1. The number of thioether (sulfide) groups is 1. The second-order valence-corrected chi connectivity index (χ2v) is 5.23. The van der Waals surface area contributed by atoms with E-state index in [1.54, 1.807) is 11.8 Å². The van der Waals surface area contributed by atoms with Crippen molar-refractivity contribution in [2.24, 2.45) is 7.05 Å². The molecule has 0 saturated heterocycles. The van der Waals surface area contributed by atoms with Gasteiger partial charge in [-0.25, -0.2) is 0 Å². The molecule has 0 bridgehead atoms. The summed E-state index contributed by atoms with van der Waals surface area (Å²) in [5.41, 5.74) is 2.06. The Hall–Kier alpha value is -1.55. The van der Waals surface area contributed by atoms with Crippen LogP contribution in [-0.2, 0) is 18.3 Å². The fourth-order valence-corrected chi connectivity index (χ4v) is 2.64. The van der Waals surface area contributed by atoms with Gasteiger partial charge in [0.2, 0.25) is 0 Å². The normalized spacial score (nSPS) is 10.6. The van der Waals surface area contributed by atoms with Gasteiger partial charge in [-0.2, -0.15) is 5.10 Å². The first-order valence-corrected chi connectivity index (χ1v) is 6.83. The van der Waals surface area contributed by atoms with Crippen molar-refractivity contribution in [1.29, 1.82) is 0 Å². The monoisotopic (exact) mass is 260 g/mol. The van der Waals surface area contributed by atoms with Gasteiger partial charge in [-0.05, 0) is 18.6 Å². The summed E-state index contributed by atoms with van der Waals surface area (Å²) >= 11 is 1.55. The number of Topliss-reactive ketones (excluding diaryl/α,β-unsaturated/α-hetero) is 1. The van der Waals surface area contributed by atoms with E-state index in [0.717, 1.165) is 16.3 Å². The van der Waals surface area contributed by atoms with Crippen molar-refractivity contribution in [2.45, 2.75) is 18.4 Å². The maximum Gasteiger partial charge on any atom is 0.147 e. The number of nitrogens with zero attached hydrogens (tertiary/aromatic N) is 2. The van der Waals surface area contributed by atoms with Crippen LogP contribution in [0.4, 0.5) is 0 Å². The average molecular weight is 260 g/mol. The highest BCUT2D eigenvalue weighted by molar-refractivity contribution is 7.99. The summed E-state index contributed by atoms with van der Waals surface area (Å²) < 4.78 is 1.82. The van der Waals surface area contributed by atoms with E-state index in [1.807, 2.05) is 55.1 Å². The Kier molecular flexibility index (Phi) is 4.20. The van der Waals surface area contributed by atoms with Crippen LogP contribution < -0.4 is 0 Å². The van der Waals surface area contributed by atoms with Crippen LogP contribution in [0, 0.1) is 6.92 Å². The topological polar surface area (TPSA) is 34.9 Å². The first-order chi connectivity index (χ1) is 8.65. The largest absolute Gasteiger partial charge is 0.298 e. The molecule has 1 aromatic heterocycles. The summed E-state index contributed by atoms with van der Waals surface area (Å²) in [6.45, 7) is 1.95. The van der Waals surface area contributed by atoms with Crippen LogP contribution in [0.2, 0.25) is 0 Å². The van der Waals surface area contributed by atoms with Gasteiger partial charge in [-0.3, -0.25) is 9.48 Å². The summed E-state index contributed by atoms with van der Waals surface area (Å²) in [5.74, 6) is 0.735. The van der Waals surface area contributed by atoms with E-state index in [1.165, 1.54) is 0 Å². The van der Waals surface area contributed by atoms with Crippen molar-refractivity contribution < 1.29 is 4.79 Å². The predicted molar refractivity (Wildman–Crippen MR) is 73.8 cm³/mol. The summed E-state index contributed by atoms with van der Waals surface area (Å²) in [6.07, 6.45) is 0.505. The van der Waals surface area contributed by atoms with Crippen molar-refractivity contribution in [2.75, 3.05) is 5.75 Å². The highest BCUT2D eigenvalue weighted by Gasteiger charge is 2.07. The number of aryl methyl sites for hydroxylation is 2. The smallest absolute Gasteiger partial charge is 0.147 e. The molecule has 0 atom stereocenters. The van der Waals surface area contributed by atoms with Gasteiger partial charge in [-0.1, -0.05) is 42.1 Å². The highest BCUT2D eigenvalue weighted by atomic mass is 32.2. The number of carbonyl (C=O) groups is 1. The molecule has 0 aliphatic heterocycles. The molecular weight excluding hydrogens is 244 g/mol. The molecule has 0 radical (unpaired) electrons. The van der Waals surface area contributed by atoms with Gasteiger partial charge in [0.25, 0.3) is 0 Å². The number of hydrogen-bond acceptors (Lipinski definition) is 3. The van der Waals surface area contributed by atoms with Gasteiger partial charge in [0.05, 0.1) is 16.5 Å². The zero-order chi connectivity index (χ0) is 13.0. The molecule has 2 rings (SSSR count). The molecule has 0 aliphatic carbocycles. The Bertz CT molecular complexity index is 534. The minimum Gasteiger partial charge on any atom is -0.298 e. The molecule has 0 aliphatic rings. The summed E-state index contributed by atoms with van der Waals surface area (Å²) in [5, 5.41) is 5.29. The number of benzene rings is 1. The molecule has 0 fully saturated rings. The van der Waals surface area contributed by atoms with Crippen LogP contribution in [0.15, 0.2) is 41.4 Å². The lowest BCUT2D eigenvalue weighted by atomic mass is 10.1. The van der Waals surface area contributed by atoms with Crippen molar-refractivity contribution in [3.8, 4) is 0 Å². The maximum absolute atomic E-state index is 11.9. The summed E-state index contributed by atoms with van der Waals surface area (Å²) in [6, 6.07) is 11.8. The number of hydrogen-bond donors (Lipinski definition) is 0. The van der Waals surface area contributed by atoms with E-state index in [2.05, 4.69) is 5.10 Å². The summed E-state index contributed by atoms with van der Waals surface area (Å²) in [4.78, 5) is 11.9. The third kappa shape index (κ3) is 3.47. The van der Waals surface area contributed by atoms with Gasteiger partial charge in [0.15, 0.2) is 0 Å². The lowest BCUT2D eigenvalue weighted by molar-refractivity contribution is -0.116. The first kappa shape index (κ1) is 12.9. The SMILES string of the molecule is Cc1cc(SCC(=O)Cc2ccccc2)n(C)n1. The Morgan fingerprint density at radius 2 is 2.06 bits per heavy atom. The van der Waals surface area contributed by atoms with Gasteiger partial charge < -0.3 is 0 Å². The van der Waals surface area contributed by atoms with E-state index < -0.39 is 0 Å². The van der Waals surface area contributed by atoms with Gasteiger partial charge in [0, 0.05) is 13.5 Å². The molecule has 1 aromatic carbocycles. The van der Waals surface area contributed by atoms with E-state index in [4.69, 9.17) is 0 Å². The molecule has 0 N–H and O–H groups in total. The van der Waals surface area contributed by atoms with Crippen molar-refractivity contribution in [1.82, 2.24) is 9.78 Å². The molecule has 0 unspecified atom stereocenters. The Balaban J connectivity index is 1.87. The van der Waals surface area contributed by atoms with Crippen LogP contribution in [0.25, 0.3) is 0 Å². The standard InChI is InChI=1S/C14H16N2OS/c1-11-8-14(16(2)15-11)18-10-13(17)9-12-6-4-3-5-7-12/h3-8H,9-10H2,1-2H3. The molecule has 0 amide bonds. The molecule has 2 aromatic rings. The molecule has 3 nitrogen and oxygen atoms in total. The lowest BCUT2D eigenvalue weighted by Gasteiger charge is -2.02. The van der Waals surface area contributed by atoms with Crippen molar-refractivity contribution >= 4 is 17.5 Å². The fourth-order valence-electron chi connectivity index (χ4n) is 1.75. The van der Waals surface area contributed by atoms with Gasteiger partial charge in [0.1, 0.15) is 5.78 Å². The minimum absolute atomic E-state index is 0.241. The maximum atomic E-state index is 11.9. The molecule has 0 spiro atoms. The Morgan fingerprint density at radius 1 is 1.33 bits per heavy atom. The first-order valence-electron chi connectivity index (χ1n) is 5.84. The summed E-state index contributed by atoms with van der Waals surface area (Å²) in [7, 11) is 1.90. The van der Waals surface area contributed by atoms with Gasteiger partial charge in [-0.15, -0.1) is 0 Å². The van der Waals surface area contributed by atoms with Crippen LogP contribution >= 0.6 is 11.8 Å². The predicted octanol–water partition coefficient (Wildman–Crippen LogP) is 2.63. The van der Waals surface area contributed by atoms with E-state index in [9.17, 15) is 4.79 Å². The molecule has 94 valence electrons. The number of rotatable bonds is 5. The number of aromatic nitrogens is 2. The molecular formula is C14H16N2OS. The lowest BCUT2D eigenvalue weighted by Crippen LogP contribution is -2.06. The van der Waals surface area contributed by atoms with Gasteiger partial charge >= 0.3 is 0 Å². The third-order valence-electron chi connectivity index (χ3n) is 2.58. The molecule has 18 heavy (non-hydrogen) atoms.